The van der Waals surface area contributed by atoms with Gasteiger partial charge in [0, 0.05) is 13.1 Å². The number of hydrogen-bond donors (Lipinski definition) is 2. The molecule has 0 fully saturated rings. The van der Waals surface area contributed by atoms with Crippen molar-refractivity contribution in [3.63, 3.8) is 0 Å². The molecule has 0 atom stereocenters. The van der Waals surface area contributed by atoms with Crippen LogP contribution < -0.4 is 11.5 Å². The van der Waals surface area contributed by atoms with E-state index < -0.39 is 5.41 Å². The van der Waals surface area contributed by atoms with Gasteiger partial charge in [-0.2, -0.15) is 0 Å². The average Bonchev–Trinajstić information content (AvgIpc) is 1.95. The molecule has 0 spiro atoms. The Kier molecular flexibility index (Phi) is 3.42. The van der Waals surface area contributed by atoms with Crippen molar-refractivity contribution in [2.75, 3.05) is 13.1 Å². The van der Waals surface area contributed by atoms with Gasteiger partial charge in [-0.1, -0.05) is 6.92 Å². The molecule has 0 saturated carbocycles. The van der Waals surface area contributed by atoms with Crippen LogP contribution in [-0.4, -0.2) is 19.4 Å². The lowest BCUT2D eigenvalue weighted by Crippen LogP contribution is -2.38. The molecule has 3 heteroatoms. The summed E-state index contributed by atoms with van der Waals surface area (Å²) >= 11 is 0. The summed E-state index contributed by atoms with van der Waals surface area (Å²) in [4.78, 5) is 10.4. The molecule has 0 bridgehead atoms. The molecule has 0 aliphatic heterocycles. The van der Waals surface area contributed by atoms with Crippen molar-refractivity contribution in [3.8, 4) is 0 Å². The van der Waals surface area contributed by atoms with E-state index in [2.05, 4.69) is 0 Å². The van der Waals surface area contributed by atoms with Gasteiger partial charge in [0.2, 0.25) is 0 Å². The van der Waals surface area contributed by atoms with E-state index in [4.69, 9.17) is 11.5 Å². The van der Waals surface area contributed by atoms with Crippen molar-refractivity contribution in [1.29, 1.82) is 0 Å². The van der Waals surface area contributed by atoms with Crippen LogP contribution in [0.3, 0.4) is 0 Å². The van der Waals surface area contributed by atoms with Crippen molar-refractivity contribution in [2.24, 2.45) is 16.9 Å². The zero-order valence-corrected chi connectivity index (χ0v) is 5.76. The molecule has 0 aliphatic carbocycles. The van der Waals surface area contributed by atoms with Crippen molar-refractivity contribution in [3.05, 3.63) is 0 Å². The van der Waals surface area contributed by atoms with Gasteiger partial charge in [0.15, 0.2) is 0 Å². The van der Waals surface area contributed by atoms with Crippen LogP contribution >= 0.6 is 0 Å². The first-order chi connectivity index (χ1) is 4.24. The Morgan fingerprint density at radius 3 is 1.89 bits per heavy atom. The third kappa shape index (κ3) is 1.77. The molecule has 4 N–H and O–H groups in total. The van der Waals surface area contributed by atoms with Gasteiger partial charge < -0.3 is 16.3 Å². The monoisotopic (exact) mass is 130 g/mol. The van der Waals surface area contributed by atoms with E-state index in [9.17, 15) is 4.79 Å². The first-order valence-corrected chi connectivity index (χ1v) is 3.11. The van der Waals surface area contributed by atoms with Crippen LogP contribution in [0.2, 0.25) is 0 Å². The average molecular weight is 130 g/mol. The highest BCUT2D eigenvalue weighted by atomic mass is 16.1. The molecule has 54 valence electrons. The fraction of sp³-hybridized carbons (Fsp3) is 0.833. The SMILES string of the molecule is CCC(C=O)(CN)CN. The zero-order valence-electron chi connectivity index (χ0n) is 5.76. The van der Waals surface area contributed by atoms with Crippen molar-refractivity contribution >= 4 is 6.29 Å². The van der Waals surface area contributed by atoms with E-state index >= 15 is 0 Å². The number of hydrogen-bond acceptors (Lipinski definition) is 3. The largest absolute Gasteiger partial charge is 0.329 e. The lowest BCUT2D eigenvalue weighted by Gasteiger charge is -2.21. The van der Waals surface area contributed by atoms with Crippen LogP contribution in [-0.2, 0) is 4.79 Å². The molecule has 0 amide bonds. The second-order valence-electron chi connectivity index (χ2n) is 2.24. The number of rotatable bonds is 4. The van der Waals surface area contributed by atoms with Crippen LogP contribution in [0, 0.1) is 5.41 Å². The van der Waals surface area contributed by atoms with Crippen LogP contribution in [0.4, 0.5) is 0 Å². The van der Waals surface area contributed by atoms with E-state index in [0.717, 1.165) is 12.7 Å². The highest BCUT2D eigenvalue weighted by Crippen LogP contribution is 2.13. The minimum Gasteiger partial charge on any atom is -0.329 e. The van der Waals surface area contributed by atoms with Gasteiger partial charge >= 0.3 is 0 Å². The molecule has 0 aromatic rings. The summed E-state index contributed by atoms with van der Waals surface area (Å²) in [7, 11) is 0. The molecular weight excluding hydrogens is 116 g/mol. The number of carbonyl (C=O) groups excluding carboxylic acids is 1. The quantitative estimate of drug-likeness (QED) is 0.504. The first-order valence-electron chi connectivity index (χ1n) is 3.11. The molecule has 0 aromatic carbocycles. The third-order valence-electron chi connectivity index (χ3n) is 1.77. The number of carbonyl (C=O) groups is 1. The summed E-state index contributed by atoms with van der Waals surface area (Å²) < 4.78 is 0. The molecule has 0 aromatic heterocycles. The topological polar surface area (TPSA) is 69.1 Å². The van der Waals surface area contributed by atoms with Crippen molar-refractivity contribution < 1.29 is 4.79 Å². The van der Waals surface area contributed by atoms with Gasteiger partial charge in [-0.15, -0.1) is 0 Å². The highest BCUT2D eigenvalue weighted by Gasteiger charge is 2.23. The minimum absolute atomic E-state index is 0.351. The number of aldehydes is 1. The summed E-state index contributed by atoms with van der Waals surface area (Å²) in [6.07, 6.45) is 1.58. The molecular formula is C6H14N2O. The summed E-state index contributed by atoms with van der Waals surface area (Å²) in [5.74, 6) is 0. The second kappa shape index (κ2) is 3.58. The van der Waals surface area contributed by atoms with E-state index in [1.54, 1.807) is 0 Å². The molecule has 0 radical (unpaired) electrons. The van der Waals surface area contributed by atoms with Gasteiger partial charge in [-0.05, 0) is 6.42 Å². The Bertz CT molecular complexity index is 80.8. The normalized spacial score (nSPS) is 11.4. The molecule has 0 aliphatic rings. The fourth-order valence-corrected chi connectivity index (χ4v) is 0.552. The lowest BCUT2D eigenvalue weighted by molar-refractivity contribution is -0.115. The fourth-order valence-electron chi connectivity index (χ4n) is 0.552. The molecule has 0 unspecified atom stereocenters. The zero-order chi connectivity index (χ0) is 7.33. The van der Waals surface area contributed by atoms with Gasteiger partial charge in [-0.3, -0.25) is 0 Å². The molecule has 0 heterocycles. The predicted molar refractivity (Wildman–Crippen MR) is 36.9 cm³/mol. The summed E-state index contributed by atoms with van der Waals surface area (Å²) in [6.45, 7) is 2.61. The smallest absolute Gasteiger partial charge is 0.128 e. The van der Waals surface area contributed by atoms with E-state index in [0.29, 0.717) is 13.1 Å². The summed E-state index contributed by atoms with van der Waals surface area (Å²) in [5, 5.41) is 0. The van der Waals surface area contributed by atoms with Crippen LogP contribution in [0.1, 0.15) is 13.3 Å². The standard InChI is InChI=1S/C6H14N2O/c1-2-6(3-7,4-8)5-9/h5H,2-4,7-8H2,1H3. The van der Waals surface area contributed by atoms with Crippen LogP contribution in [0.25, 0.3) is 0 Å². The molecule has 0 rings (SSSR count). The molecule has 3 nitrogen and oxygen atoms in total. The molecule has 9 heavy (non-hydrogen) atoms. The Hall–Kier alpha value is -0.410. The highest BCUT2D eigenvalue weighted by molar-refractivity contribution is 5.60. The van der Waals surface area contributed by atoms with E-state index in [1.165, 1.54) is 0 Å². The summed E-state index contributed by atoms with van der Waals surface area (Å²) in [5.41, 5.74) is 10.2. The predicted octanol–water partition coefficient (Wildman–Crippen LogP) is -0.501. The number of nitrogens with two attached hydrogens (primary N) is 2. The maximum absolute atomic E-state index is 10.4. The minimum atomic E-state index is -0.458. The van der Waals surface area contributed by atoms with Crippen LogP contribution in [0.5, 0.6) is 0 Å². The Balaban J connectivity index is 3.98. The lowest BCUT2D eigenvalue weighted by atomic mass is 9.87. The van der Waals surface area contributed by atoms with Crippen molar-refractivity contribution in [1.82, 2.24) is 0 Å². The maximum atomic E-state index is 10.4. The van der Waals surface area contributed by atoms with Gasteiger partial charge in [0.1, 0.15) is 6.29 Å². The van der Waals surface area contributed by atoms with E-state index in [1.807, 2.05) is 6.92 Å². The maximum Gasteiger partial charge on any atom is 0.128 e. The summed E-state index contributed by atoms with van der Waals surface area (Å²) in [6, 6.07) is 0. The Morgan fingerprint density at radius 2 is 1.89 bits per heavy atom. The van der Waals surface area contributed by atoms with Gasteiger partial charge in [0.25, 0.3) is 0 Å². The molecule has 0 saturated heterocycles. The second-order valence-corrected chi connectivity index (χ2v) is 2.24. The van der Waals surface area contributed by atoms with Gasteiger partial charge in [0.05, 0.1) is 5.41 Å². The Labute approximate surface area is 55.4 Å². The van der Waals surface area contributed by atoms with Crippen molar-refractivity contribution in [2.45, 2.75) is 13.3 Å². The van der Waals surface area contributed by atoms with E-state index in [-0.39, 0.29) is 0 Å². The van der Waals surface area contributed by atoms with Gasteiger partial charge in [-0.25, -0.2) is 0 Å². The first kappa shape index (κ1) is 8.59. The Morgan fingerprint density at radius 1 is 1.44 bits per heavy atom. The van der Waals surface area contributed by atoms with Crippen LogP contribution in [0.15, 0.2) is 0 Å². The third-order valence-corrected chi connectivity index (χ3v) is 1.77.